The lowest BCUT2D eigenvalue weighted by atomic mass is 10.2. The van der Waals surface area contributed by atoms with Gasteiger partial charge in [0.1, 0.15) is 4.90 Å². The first kappa shape index (κ1) is 13.5. The van der Waals surface area contributed by atoms with E-state index in [9.17, 15) is 8.42 Å². The van der Waals surface area contributed by atoms with Crippen LogP contribution in [0.2, 0.25) is 0 Å². The fourth-order valence-corrected chi connectivity index (χ4v) is 4.23. The van der Waals surface area contributed by atoms with Gasteiger partial charge in [-0.3, -0.25) is 4.98 Å². The minimum absolute atomic E-state index is 0.168. The molecule has 0 saturated carbocycles. The van der Waals surface area contributed by atoms with Crippen LogP contribution in [0.25, 0.3) is 10.9 Å². The number of nitrogens with one attached hydrogen (secondary N) is 1. The van der Waals surface area contributed by atoms with Crippen molar-refractivity contribution in [1.29, 1.82) is 0 Å². The molecule has 0 unspecified atom stereocenters. The normalized spacial score (nSPS) is 21.1. The highest BCUT2D eigenvalue weighted by Gasteiger charge is 2.29. The monoisotopic (exact) mass is 291 g/mol. The summed E-state index contributed by atoms with van der Waals surface area (Å²) in [4.78, 5) is 4.54. The first-order valence-electron chi connectivity index (χ1n) is 6.66. The molecular formula is C14H17N3O2S. The first-order chi connectivity index (χ1) is 9.59. The molecule has 0 bridgehead atoms. The number of aromatic nitrogens is 1. The number of sulfonamides is 1. The third-order valence-electron chi connectivity index (χ3n) is 3.55. The number of rotatable bonds is 2. The van der Waals surface area contributed by atoms with Crippen LogP contribution in [0.15, 0.2) is 41.4 Å². The predicted molar refractivity (Wildman–Crippen MR) is 78.0 cm³/mol. The van der Waals surface area contributed by atoms with Gasteiger partial charge in [-0.2, -0.15) is 4.31 Å². The average molecular weight is 291 g/mol. The van der Waals surface area contributed by atoms with Crippen molar-refractivity contribution >= 4 is 20.9 Å². The lowest BCUT2D eigenvalue weighted by Gasteiger charge is -2.31. The molecule has 1 aromatic heterocycles. The van der Waals surface area contributed by atoms with Crippen molar-refractivity contribution in [2.24, 2.45) is 0 Å². The van der Waals surface area contributed by atoms with E-state index < -0.39 is 10.0 Å². The summed E-state index contributed by atoms with van der Waals surface area (Å²) in [5.74, 6) is 0. The van der Waals surface area contributed by atoms with E-state index in [0.29, 0.717) is 30.0 Å². The van der Waals surface area contributed by atoms with Crippen molar-refractivity contribution in [2.75, 3.05) is 19.6 Å². The van der Waals surface area contributed by atoms with Crippen LogP contribution in [-0.2, 0) is 10.0 Å². The zero-order valence-corrected chi connectivity index (χ0v) is 12.1. The van der Waals surface area contributed by atoms with E-state index in [4.69, 9.17) is 0 Å². The maximum Gasteiger partial charge on any atom is 0.245 e. The van der Waals surface area contributed by atoms with Crippen LogP contribution < -0.4 is 5.32 Å². The molecule has 0 aliphatic carbocycles. The van der Waals surface area contributed by atoms with Crippen LogP contribution in [-0.4, -0.2) is 43.4 Å². The Morgan fingerprint density at radius 2 is 2.10 bits per heavy atom. The van der Waals surface area contributed by atoms with Gasteiger partial charge in [-0.15, -0.1) is 0 Å². The topological polar surface area (TPSA) is 62.3 Å². The van der Waals surface area contributed by atoms with Crippen LogP contribution in [0.3, 0.4) is 0 Å². The van der Waals surface area contributed by atoms with E-state index in [2.05, 4.69) is 10.3 Å². The molecule has 1 fully saturated rings. The molecule has 0 amide bonds. The Labute approximate surface area is 118 Å². The zero-order valence-electron chi connectivity index (χ0n) is 11.3. The van der Waals surface area contributed by atoms with Crippen LogP contribution in [0, 0.1) is 0 Å². The van der Waals surface area contributed by atoms with Crippen molar-refractivity contribution in [1.82, 2.24) is 14.6 Å². The number of fused-ring (bicyclic) bond motifs is 1. The molecule has 1 atom stereocenters. The predicted octanol–water partition coefficient (Wildman–Crippen LogP) is 1.22. The molecular weight excluding hydrogens is 274 g/mol. The van der Waals surface area contributed by atoms with Gasteiger partial charge in [-0.1, -0.05) is 18.2 Å². The summed E-state index contributed by atoms with van der Waals surface area (Å²) in [5.41, 5.74) is 0.543. The van der Waals surface area contributed by atoms with Gasteiger partial charge in [0.25, 0.3) is 0 Å². The second-order valence-electron chi connectivity index (χ2n) is 5.05. The third kappa shape index (κ3) is 2.30. The number of benzene rings is 1. The molecule has 1 saturated heterocycles. The van der Waals surface area contributed by atoms with Crippen LogP contribution in [0.5, 0.6) is 0 Å². The van der Waals surface area contributed by atoms with Crippen LogP contribution >= 0.6 is 0 Å². The van der Waals surface area contributed by atoms with Gasteiger partial charge >= 0.3 is 0 Å². The summed E-state index contributed by atoms with van der Waals surface area (Å²) in [6.07, 6.45) is 1.63. The lowest BCUT2D eigenvalue weighted by molar-refractivity contribution is 0.310. The van der Waals surface area contributed by atoms with Gasteiger partial charge in [0, 0.05) is 37.3 Å². The van der Waals surface area contributed by atoms with Crippen molar-refractivity contribution in [3.8, 4) is 0 Å². The number of pyridine rings is 1. The number of piperazine rings is 1. The Bertz CT molecular complexity index is 725. The maximum absolute atomic E-state index is 12.8. The zero-order chi connectivity index (χ0) is 14.2. The van der Waals surface area contributed by atoms with Crippen molar-refractivity contribution in [2.45, 2.75) is 17.9 Å². The molecule has 106 valence electrons. The van der Waals surface area contributed by atoms with Crippen molar-refractivity contribution in [3.05, 3.63) is 36.5 Å². The minimum Gasteiger partial charge on any atom is -0.312 e. The van der Waals surface area contributed by atoms with E-state index in [0.717, 1.165) is 5.39 Å². The number of para-hydroxylation sites is 1. The molecule has 2 heterocycles. The molecule has 0 radical (unpaired) electrons. The Hall–Kier alpha value is -1.50. The quantitative estimate of drug-likeness (QED) is 0.903. The van der Waals surface area contributed by atoms with E-state index in [-0.39, 0.29) is 6.04 Å². The Balaban J connectivity index is 2.09. The molecule has 0 spiro atoms. The summed E-state index contributed by atoms with van der Waals surface area (Å²) < 4.78 is 27.1. The molecule has 1 aromatic carbocycles. The van der Waals surface area contributed by atoms with E-state index in [1.54, 1.807) is 18.3 Å². The first-order valence-corrected chi connectivity index (χ1v) is 8.10. The molecule has 1 aliphatic rings. The summed E-state index contributed by atoms with van der Waals surface area (Å²) in [6, 6.07) is 9.14. The van der Waals surface area contributed by atoms with Crippen LogP contribution in [0.4, 0.5) is 0 Å². The largest absolute Gasteiger partial charge is 0.312 e. The van der Waals surface area contributed by atoms with Gasteiger partial charge in [-0.05, 0) is 19.1 Å². The average Bonchev–Trinajstić information content (AvgIpc) is 2.46. The Morgan fingerprint density at radius 1 is 1.30 bits per heavy atom. The van der Waals surface area contributed by atoms with Gasteiger partial charge < -0.3 is 5.32 Å². The molecule has 1 N–H and O–H groups in total. The highest BCUT2D eigenvalue weighted by molar-refractivity contribution is 7.89. The van der Waals surface area contributed by atoms with E-state index in [1.807, 2.05) is 25.1 Å². The Morgan fingerprint density at radius 3 is 2.90 bits per heavy atom. The third-order valence-corrected chi connectivity index (χ3v) is 5.44. The Kier molecular flexibility index (Phi) is 3.45. The highest BCUT2D eigenvalue weighted by atomic mass is 32.2. The smallest absolute Gasteiger partial charge is 0.245 e. The van der Waals surface area contributed by atoms with Crippen LogP contribution in [0.1, 0.15) is 6.92 Å². The minimum atomic E-state index is -3.49. The molecule has 1 aliphatic heterocycles. The maximum atomic E-state index is 12.8. The van der Waals surface area contributed by atoms with Gasteiger partial charge in [-0.25, -0.2) is 8.42 Å². The van der Waals surface area contributed by atoms with Gasteiger partial charge in [0.15, 0.2) is 0 Å². The second kappa shape index (κ2) is 5.12. The second-order valence-corrected chi connectivity index (χ2v) is 6.96. The summed E-state index contributed by atoms with van der Waals surface area (Å²) in [6.45, 7) is 3.66. The molecule has 2 aromatic rings. The van der Waals surface area contributed by atoms with Crippen molar-refractivity contribution < 1.29 is 8.42 Å². The fourth-order valence-electron chi connectivity index (χ4n) is 2.54. The standard InChI is InChI=1S/C14H17N3O2S/c1-11-10-17(9-8-15-11)20(18,19)13-6-2-4-12-5-3-7-16-14(12)13/h2-7,11,15H,8-10H2,1H3/t11-/m1/s1. The number of hydrogen-bond donors (Lipinski definition) is 1. The SMILES string of the molecule is C[C@@H]1CN(S(=O)(=O)c2cccc3cccnc23)CCN1. The van der Waals surface area contributed by atoms with E-state index >= 15 is 0 Å². The number of nitrogens with zero attached hydrogens (tertiary/aromatic N) is 2. The van der Waals surface area contributed by atoms with E-state index in [1.165, 1.54) is 4.31 Å². The molecule has 6 heteroatoms. The molecule has 20 heavy (non-hydrogen) atoms. The van der Waals surface area contributed by atoms with Crippen molar-refractivity contribution in [3.63, 3.8) is 0 Å². The summed E-state index contributed by atoms with van der Waals surface area (Å²) in [7, 11) is -3.49. The summed E-state index contributed by atoms with van der Waals surface area (Å²) >= 11 is 0. The number of hydrogen-bond acceptors (Lipinski definition) is 4. The highest BCUT2D eigenvalue weighted by Crippen LogP contribution is 2.24. The van der Waals surface area contributed by atoms with Gasteiger partial charge in [0.05, 0.1) is 5.52 Å². The lowest BCUT2D eigenvalue weighted by Crippen LogP contribution is -2.51. The molecule has 3 rings (SSSR count). The molecule has 5 nitrogen and oxygen atoms in total. The van der Waals surface area contributed by atoms with Gasteiger partial charge in [0.2, 0.25) is 10.0 Å². The fraction of sp³-hybridized carbons (Fsp3) is 0.357. The summed E-state index contributed by atoms with van der Waals surface area (Å²) in [5, 5.41) is 4.10.